The molecular weight excluding hydrogens is 214 g/mol. The summed E-state index contributed by atoms with van der Waals surface area (Å²) in [5, 5.41) is 7.51. The highest BCUT2D eigenvalue weighted by molar-refractivity contribution is 5.02. The van der Waals surface area contributed by atoms with Crippen molar-refractivity contribution in [3.63, 3.8) is 0 Å². The highest BCUT2D eigenvalue weighted by Crippen LogP contribution is 2.01. The van der Waals surface area contributed by atoms with Crippen molar-refractivity contribution in [2.75, 3.05) is 6.54 Å². The van der Waals surface area contributed by atoms with Crippen molar-refractivity contribution in [1.82, 2.24) is 15.1 Å². The third-order valence-electron chi connectivity index (χ3n) is 2.24. The maximum absolute atomic E-state index is 11.5. The molecule has 1 heterocycles. The summed E-state index contributed by atoms with van der Waals surface area (Å²) in [5.74, 6) is 0. The summed E-state index contributed by atoms with van der Waals surface area (Å²) in [6, 6.07) is 3.25. The minimum absolute atomic E-state index is 0.0495. The number of nitrogens with zero attached hydrogens (tertiary/aromatic N) is 2. The van der Waals surface area contributed by atoms with E-state index >= 15 is 0 Å². The van der Waals surface area contributed by atoms with Gasteiger partial charge < -0.3 is 5.32 Å². The Kier molecular flexibility index (Phi) is 4.23. The van der Waals surface area contributed by atoms with Crippen molar-refractivity contribution in [3.05, 3.63) is 40.3 Å². The van der Waals surface area contributed by atoms with Gasteiger partial charge in [0.15, 0.2) is 0 Å². The molecule has 0 radical (unpaired) electrons. The van der Waals surface area contributed by atoms with E-state index in [1.807, 2.05) is 6.92 Å². The molecule has 0 bridgehead atoms. The molecule has 0 aliphatic carbocycles. The van der Waals surface area contributed by atoms with Crippen LogP contribution in [0.3, 0.4) is 0 Å². The van der Waals surface area contributed by atoms with Gasteiger partial charge in [0.25, 0.3) is 5.56 Å². The van der Waals surface area contributed by atoms with Gasteiger partial charge in [-0.3, -0.25) is 4.79 Å². The summed E-state index contributed by atoms with van der Waals surface area (Å²) in [6.45, 7) is 13.3. The van der Waals surface area contributed by atoms with Gasteiger partial charge in [-0.15, -0.1) is 0 Å². The Morgan fingerprint density at radius 3 is 2.71 bits per heavy atom. The molecule has 0 spiro atoms. The van der Waals surface area contributed by atoms with Crippen LogP contribution in [0, 0.1) is 6.92 Å². The zero-order valence-corrected chi connectivity index (χ0v) is 11.1. The van der Waals surface area contributed by atoms with Gasteiger partial charge in [-0.1, -0.05) is 6.58 Å². The maximum atomic E-state index is 11.5. The van der Waals surface area contributed by atoms with Crippen molar-refractivity contribution in [2.45, 2.75) is 39.8 Å². The first-order chi connectivity index (χ1) is 7.78. The van der Waals surface area contributed by atoms with E-state index in [-0.39, 0.29) is 11.1 Å². The second kappa shape index (κ2) is 5.27. The van der Waals surface area contributed by atoms with Gasteiger partial charge >= 0.3 is 0 Å². The molecular formula is C13H21N3O. The molecule has 1 aromatic heterocycles. The highest BCUT2D eigenvalue weighted by atomic mass is 16.1. The van der Waals surface area contributed by atoms with Crippen LogP contribution in [0.5, 0.6) is 0 Å². The van der Waals surface area contributed by atoms with Gasteiger partial charge in [-0.2, -0.15) is 5.10 Å². The summed E-state index contributed by atoms with van der Waals surface area (Å²) < 4.78 is 1.45. The van der Waals surface area contributed by atoms with Crippen LogP contribution < -0.4 is 10.9 Å². The summed E-state index contributed by atoms with van der Waals surface area (Å²) in [5.41, 5.74) is 1.74. The summed E-state index contributed by atoms with van der Waals surface area (Å²) in [6.07, 6.45) is 0. The smallest absolute Gasteiger partial charge is 0.267 e. The number of nitrogens with one attached hydrogen (secondary N) is 1. The fourth-order valence-electron chi connectivity index (χ4n) is 1.32. The molecule has 94 valence electrons. The van der Waals surface area contributed by atoms with Crippen molar-refractivity contribution in [1.29, 1.82) is 0 Å². The average Bonchev–Trinajstić information content (AvgIpc) is 2.20. The van der Waals surface area contributed by atoms with Crippen molar-refractivity contribution < 1.29 is 0 Å². The van der Waals surface area contributed by atoms with E-state index in [2.05, 4.69) is 37.8 Å². The molecule has 4 heteroatoms. The second-order valence-electron chi connectivity index (χ2n) is 5.32. The van der Waals surface area contributed by atoms with Gasteiger partial charge in [0, 0.05) is 18.2 Å². The van der Waals surface area contributed by atoms with Gasteiger partial charge in [0.2, 0.25) is 0 Å². The number of hydrogen-bond acceptors (Lipinski definition) is 3. The predicted molar refractivity (Wildman–Crippen MR) is 70.1 cm³/mol. The first kappa shape index (κ1) is 13.6. The monoisotopic (exact) mass is 235 g/mol. The average molecular weight is 235 g/mol. The Hall–Kier alpha value is -1.42. The molecule has 17 heavy (non-hydrogen) atoms. The van der Waals surface area contributed by atoms with Crippen LogP contribution in [0.25, 0.3) is 0 Å². The molecule has 0 aromatic carbocycles. The number of aryl methyl sites for hydroxylation is 1. The molecule has 0 saturated carbocycles. The second-order valence-corrected chi connectivity index (χ2v) is 5.32. The standard InChI is InChI=1S/C13H21N3O/c1-10(8-14-13(3,4)5)9-16-12(17)7-6-11(2)15-16/h6-7,14H,1,8-9H2,2-5H3. The molecule has 4 nitrogen and oxygen atoms in total. The molecule has 1 rings (SSSR count). The Bertz CT molecular complexity index is 454. The van der Waals surface area contributed by atoms with E-state index in [0.717, 1.165) is 11.3 Å². The van der Waals surface area contributed by atoms with E-state index in [9.17, 15) is 4.79 Å². The maximum Gasteiger partial charge on any atom is 0.267 e. The van der Waals surface area contributed by atoms with E-state index < -0.39 is 0 Å². The van der Waals surface area contributed by atoms with Crippen LogP contribution >= 0.6 is 0 Å². The van der Waals surface area contributed by atoms with Crippen LogP contribution in [0.1, 0.15) is 26.5 Å². The van der Waals surface area contributed by atoms with E-state index in [1.165, 1.54) is 10.7 Å². The fraction of sp³-hybridized carbons (Fsp3) is 0.538. The molecule has 0 aliphatic heterocycles. The zero-order chi connectivity index (χ0) is 13.1. The number of aromatic nitrogens is 2. The fourth-order valence-corrected chi connectivity index (χ4v) is 1.32. The lowest BCUT2D eigenvalue weighted by atomic mass is 10.1. The predicted octanol–water partition coefficient (Wildman–Crippen LogP) is 1.50. The quantitative estimate of drug-likeness (QED) is 0.804. The molecule has 0 aliphatic rings. The molecule has 0 saturated heterocycles. The Balaban J connectivity index is 2.62. The Morgan fingerprint density at radius 1 is 1.47 bits per heavy atom. The number of hydrogen-bond donors (Lipinski definition) is 1. The summed E-state index contributed by atoms with van der Waals surface area (Å²) in [7, 11) is 0. The van der Waals surface area contributed by atoms with E-state index in [1.54, 1.807) is 6.07 Å². The highest BCUT2D eigenvalue weighted by Gasteiger charge is 2.09. The van der Waals surface area contributed by atoms with Crippen molar-refractivity contribution in [2.24, 2.45) is 0 Å². The first-order valence-electron chi connectivity index (χ1n) is 5.74. The SMILES string of the molecule is C=C(CNC(C)(C)C)Cn1nc(C)ccc1=O. The molecule has 0 fully saturated rings. The number of rotatable bonds is 4. The molecule has 1 aromatic rings. The molecule has 0 unspecified atom stereocenters. The third kappa shape index (κ3) is 4.95. The largest absolute Gasteiger partial charge is 0.308 e. The zero-order valence-electron chi connectivity index (χ0n) is 11.1. The topological polar surface area (TPSA) is 46.9 Å². The van der Waals surface area contributed by atoms with Gasteiger partial charge in [0.1, 0.15) is 0 Å². The third-order valence-corrected chi connectivity index (χ3v) is 2.24. The van der Waals surface area contributed by atoms with E-state index in [4.69, 9.17) is 0 Å². The van der Waals surface area contributed by atoms with Crippen LogP contribution in [-0.2, 0) is 6.54 Å². The lowest BCUT2D eigenvalue weighted by Gasteiger charge is -2.21. The van der Waals surface area contributed by atoms with Crippen LogP contribution in [-0.4, -0.2) is 21.9 Å². The molecule has 0 amide bonds. The van der Waals surface area contributed by atoms with Crippen LogP contribution in [0.15, 0.2) is 29.1 Å². The lowest BCUT2D eigenvalue weighted by molar-refractivity contribution is 0.437. The minimum atomic E-state index is -0.0903. The van der Waals surface area contributed by atoms with Crippen molar-refractivity contribution in [3.8, 4) is 0 Å². The first-order valence-corrected chi connectivity index (χ1v) is 5.74. The van der Waals surface area contributed by atoms with E-state index in [0.29, 0.717) is 13.1 Å². The summed E-state index contributed by atoms with van der Waals surface area (Å²) >= 11 is 0. The Morgan fingerprint density at radius 2 is 2.12 bits per heavy atom. The van der Waals surface area contributed by atoms with Crippen LogP contribution in [0.4, 0.5) is 0 Å². The molecule has 1 N–H and O–H groups in total. The van der Waals surface area contributed by atoms with Crippen LogP contribution in [0.2, 0.25) is 0 Å². The summed E-state index contributed by atoms with van der Waals surface area (Å²) in [4.78, 5) is 11.5. The molecule has 0 atom stereocenters. The minimum Gasteiger partial charge on any atom is -0.308 e. The van der Waals surface area contributed by atoms with Gasteiger partial charge in [-0.05, 0) is 39.3 Å². The van der Waals surface area contributed by atoms with Gasteiger partial charge in [-0.25, -0.2) is 4.68 Å². The lowest BCUT2D eigenvalue weighted by Crippen LogP contribution is -2.38. The van der Waals surface area contributed by atoms with Crippen molar-refractivity contribution >= 4 is 0 Å². The Labute approximate surface area is 102 Å². The normalized spacial score (nSPS) is 11.5. The van der Waals surface area contributed by atoms with Gasteiger partial charge in [0.05, 0.1) is 12.2 Å².